The Kier molecular flexibility index (Phi) is 4.91. The van der Waals surface area contributed by atoms with Crippen LogP contribution in [-0.4, -0.2) is 37.0 Å². The molecule has 1 aliphatic rings. The summed E-state index contributed by atoms with van der Waals surface area (Å²) in [5.74, 6) is 0.284. The van der Waals surface area contributed by atoms with Crippen LogP contribution in [0.25, 0.3) is 0 Å². The van der Waals surface area contributed by atoms with Gasteiger partial charge in [0.15, 0.2) is 0 Å². The quantitative estimate of drug-likeness (QED) is 0.925. The van der Waals surface area contributed by atoms with Crippen LogP contribution >= 0.6 is 0 Å². The first kappa shape index (κ1) is 16.3. The van der Waals surface area contributed by atoms with Crippen molar-refractivity contribution in [1.29, 1.82) is 0 Å². The van der Waals surface area contributed by atoms with E-state index in [0.29, 0.717) is 5.56 Å². The Labute approximate surface area is 126 Å². The maximum absolute atomic E-state index is 13.0. The van der Waals surface area contributed by atoms with Gasteiger partial charge in [-0.2, -0.15) is 4.31 Å². The first-order valence-corrected chi connectivity index (χ1v) is 8.67. The number of benzene rings is 1. The normalized spacial score (nSPS) is 24.0. The molecule has 0 bridgehead atoms. The zero-order valence-corrected chi connectivity index (χ0v) is 13.6. The van der Waals surface area contributed by atoms with E-state index in [1.54, 1.807) is 16.4 Å². The van der Waals surface area contributed by atoms with Crippen LogP contribution in [0.5, 0.6) is 5.75 Å². The lowest BCUT2D eigenvalue weighted by atomic mass is 10.0. The van der Waals surface area contributed by atoms with Gasteiger partial charge in [-0.25, -0.2) is 8.42 Å². The second-order valence-electron chi connectivity index (χ2n) is 5.61. The van der Waals surface area contributed by atoms with Crippen LogP contribution in [0.1, 0.15) is 38.7 Å². The molecule has 0 radical (unpaired) electrons. The first-order valence-electron chi connectivity index (χ1n) is 7.23. The van der Waals surface area contributed by atoms with Gasteiger partial charge in [0.05, 0.1) is 13.7 Å². The molecule has 1 fully saturated rings. The van der Waals surface area contributed by atoms with Gasteiger partial charge in [-0.05, 0) is 44.4 Å². The van der Waals surface area contributed by atoms with Crippen molar-refractivity contribution >= 4 is 10.0 Å². The van der Waals surface area contributed by atoms with E-state index in [9.17, 15) is 8.42 Å². The van der Waals surface area contributed by atoms with Crippen molar-refractivity contribution in [3.63, 3.8) is 0 Å². The third-order valence-corrected chi connectivity index (χ3v) is 6.25. The van der Waals surface area contributed by atoms with Crippen LogP contribution in [0.2, 0.25) is 0 Å². The number of nitrogens with zero attached hydrogens (tertiary/aromatic N) is 1. The zero-order valence-electron chi connectivity index (χ0n) is 12.7. The summed E-state index contributed by atoms with van der Waals surface area (Å²) >= 11 is 0. The topological polar surface area (TPSA) is 66.8 Å². The molecule has 0 amide bonds. The third kappa shape index (κ3) is 3.07. The number of piperidine rings is 1. The molecule has 1 aromatic rings. The van der Waals surface area contributed by atoms with Crippen LogP contribution in [0.4, 0.5) is 0 Å². The highest BCUT2D eigenvalue weighted by Gasteiger charge is 2.37. The number of methoxy groups -OCH3 is 1. The van der Waals surface area contributed by atoms with Crippen LogP contribution in [0.3, 0.4) is 0 Å². The van der Waals surface area contributed by atoms with E-state index in [0.717, 1.165) is 19.3 Å². The minimum atomic E-state index is -3.60. The molecule has 5 nitrogen and oxygen atoms in total. The second kappa shape index (κ2) is 6.34. The van der Waals surface area contributed by atoms with E-state index < -0.39 is 10.0 Å². The number of aliphatic hydroxyl groups is 1. The van der Waals surface area contributed by atoms with Gasteiger partial charge in [0.1, 0.15) is 10.6 Å². The summed E-state index contributed by atoms with van der Waals surface area (Å²) in [7, 11) is -2.16. The summed E-state index contributed by atoms with van der Waals surface area (Å²) < 4.78 is 32.8. The lowest BCUT2D eigenvalue weighted by molar-refractivity contribution is 0.203. The van der Waals surface area contributed by atoms with Crippen molar-refractivity contribution in [1.82, 2.24) is 4.31 Å². The molecule has 2 rings (SSSR count). The van der Waals surface area contributed by atoms with E-state index in [2.05, 4.69) is 0 Å². The minimum Gasteiger partial charge on any atom is -0.495 e. The SMILES string of the molecule is COc1cc(CO)ccc1S(=O)(=O)N1[C@H](C)CCC[C@@H]1C. The summed E-state index contributed by atoms with van der Waals surface area (Å²) in [5, 5.41) is 9.17. The predicted octanol–water partition coefficient (Wildman–Crippen LogP) is 2.14. The molecule has 1 heterocycles. The average Bonchev–Trinajstić information content (AvgIpc) is 2.46. The highest BCUT2D eigenvalue weighted by Crippen LogP contribution is 2.34. The van der Waals surface area contributed by atoms with Crippen LogP contribution in [-0.2, 0) is 16.6 Å². The zero-order chi connectivity index (χ0) is 15.6. The van der Waals surface area contributed by atoms with Gasteiger partial charge in [0, 0.05) is 12.1 Å². The Morgan fingerprint density at radius 2 is 1.90 bits per heavy atom. The Morgan fingerprint density at radius 3 is 2.43 bits per heavy atom. The standard InChI is InChI=1S/C15H23NO4S/c1-11-5-4-6-12(2)16(11)21(18,19)15-8-7-13(10-17)9-14(15)20-3/h7-9,11-12,17H,4-6,10H2,1-3H3/t11-,12+. The molecular weight excluding hydrogens is 290 g/mol. The summed E-state index contributed by atoms with van der Waals surface area (Å²) in [6.07, 6.45) is 2.80. The van der Waals surface area contributed by atoms with E-state index in [1.165, 1.54) is 13.2 Å². The molecule has 0 aromatic heterocycles. The number of ether oxygens (including phenoxy) is 1. The highest BCUT2D eigenvalue weighted by molar-refractivity contribution is 7.89. The molecular formula is C15H23NO4S. The number of aliphatic hydroxyl groups excluding tert-OH is 1. The van der Waals surface area contributed by atoms with Gasteiger partial charge in [-0.1, -0.05) is 12.5 Å². The van der Waals surface area contributed by atoms with Gasteiger partial charge < -0.3 is 9.84 Å². The molecule has 0 aliphatic carbocycles. The van der Waals surface area contributed by atoms with E-state index in [-0.39, 0.29) is 29.3 Å². The van der Waals surface area contributed by atoms with Crippen molar-refractivity contribution in [2.24, 2.45) is 0 Å². The molecule has 21 heavy (non-hydrogen) atoms. The Bertz CT molecular complexity index is 590. The van der Waals surface area contributed by atoms with Crippen LogP contribution in [0.15, 0.2) is 23.1 Å². The van der Waals surface area contributed by atoms with Gasteiger partial charge in [0.2, 0.25) is 10.0 Å². The summed E-state index contributed by atoms with van der Waals surface area (Å²) in [4.78, 5) is 0.169. The third-order valence-electron chi connectivity index (χ3n) is 4.08. The monoisotopic (exact) mass is 313 g/mol. The molecule has 118 valence electrons. The fourth-order valence-corrected chi connectivity index (χ4v) is 5.03. The van der Waals surface area contributed by atoms with Crippen molar-refractivity contribution in [3.05, 3.63) is 23.8 Å². The lowest BCUT2D eigenvalue weighted by Gasteiger charge is -2.37. The molecule has 1 aliphatic heterocycles. The fraction of sp³-hybridized carbons (Fsp3) is 0.600. The van der Waals surface area contributed by atoms with E-state index >= 15 is 0 Å². The second-order valence-corrected chi connectivity index (χ2v) is 7.42. The summed E-state index contributed by atoms with van der Waals surface area (Å²) in [6, 6.07) is 4.69. The van der Waals surface area contributed by atoms with Crippen molar-refractivity contribution in [2.75, 3.05) is 7.11 Å². The van der Waals surface area contributed by atoms with Gasteiger partial charge in [0.25, 0.3) is 0 Å². The predicted molar refractivity (Wildman–Crippen MR) is 80.7 cm³/mol. The Hall–Kier alpha value is -1.11. The molecule has 6 heteroatoms. The van der Waals surface area contributed by atoms with E-state index in [4.69, 9.17) is 9.84 Å². The Morgan fingerprint density at radius 1 is 1.29 bits per heavy atom. The van der Waals surface area contributed by atoms with Crippen LogP contribution in [0, 0.1) is 0 Å². The maximum atomic E-state index is 13.0. The minimum absolute atomic E-state index is 0.0130. The Balaban J connectivity index is 2.48. The summed E-state index contributed by atoms with van der Waals surface area (Å²) in [5.41, 5.74) is 0.630. The fourth-order valence-electron chi connectivity index (χ4n) is 3.01. The van der Waals surface area contributed by atoms with Crippen molar-refractivity contribution in [2.45, 2.75) is 56.7 Å². The molecule has 0 saturated carbocycles. The molecule has 1 N–H and O–H groups in total. The molecule has 1 aromatic carbocycles. The lowest BCUT2D eigenvalue weighted by Crippen LogP contribution is -2.47. The van der Waals surface area contributed by atoms with Crippen molar-refractivity contribution in [3.8, 4) is 5.75 Å². The maximum Gasteiger partial charge on any atom is 0.247 e. The molecule has 2 atom stereocenters. The molecule has 1 saturated heterocycles. The van der Waals surface area contributed by atoms with Gasteiger partial charge in [-0.15, -0.1) is 0 Å². The number of hydrogen-bond donors (Lipinski definition) is 1. The molecule has 0 spiro atoms. The van der Waals surface area contributed by atoms with E-state index in [1.807, 2.05) is 13.8 Å². The molecule has 0 unspecified atom stereocenters. The smallest absolute Gasteiger partial charge is 0.247 e. The number of hydrogen-bond acceptors (Lipinski definition) is 4. The summed E-state index contributed by atoms with van der Waals surface area (Å²) in [6.45, 7) is 3.75. The average molecular weight is 313 g/mol. The number of rotatable bonds is 4. The van der Waals surface area contributed by atoms with Crippen molar-refractivity contribution < 1.29 is 18.3 Å². The van der Waals surface area contributed by atoms with Crippen LogP contribution < -0.4 is 4.74 Å². The van der Waals surface area contributed by atoms with Gasteiger partial charge in [-0.3, -0.25) is 0 Å². The first-order chi connectivity index (χ1) is 9.91. The highest BCUT2D eigenvalue weighted by atomic mass is 32.2. The largest absolute Gasteiger partial charge is 0.495 e. The number of sulfonamides is 1. The van der Waals surface area contributed by atoms with Gasteiger partial charge >= 0.3 is 0 Å².